The van der Waals surface area contributed by atoms with Crippen molar-refractivity contribution in [3.8, 4) is 62.9 Å². The largest absolute Gasteiger partial charge is 0.504 e. The molecule has 23 heteroatoms. The summed E-state index contributed by atoms with van der Waals surface area (Å²) in [5.41, 5.74) is -6.89. The number of aliphatic hydroxyl groups is 4. The fourth-order valence-corrected chi connectivity index (χ4v) is 7.23. The van der Waals surface area contributed by atoms with Crippen molar-refractivity contribution in [3.63, 3.8) is 0 Å². The molecule has 0 radical (unpaired) electrons. The van der Waals surface area contributed by atoms with Crippen molar-refractivity contribution in [1.29, 1.82) is 0 Å². The third-order valence-electron chi connectivity index (χ3n) is 10.0. The van der Waals surface area contributed by atoms with Crippen LogP contribution in [0, 0.1) is 0 Å². The lowest BCUT2D eigenvalue weighted by Gasteiger charge is -2.49. The van der Waals surface area contributed by atoms with Crippen LogP contribution in [0.25, 0.3) is 11.1 Å². The highest BCUT2D eigenvalue weighted by molar-refractivity contribution is 6.10. The lowest BCUT2D eigenvalue weighted by Crippen LogP contribution is -2.70. The van der Waals surface area contributed by atoms with Gasteiger partial charge in [-0.05, 0) is 24.3 Å². The van der Waals surface area contributed by atoms with Crippen LogP contribution >= 0.6 is 0 Å². The standard InChI is InChI=1S/C34H24O23/c35-10-1-6-15(22(42)19(10)39)16-7(2-11(36)20(40)23(16)43)30(47)56-32-27-24(44)25(13(53-32)5-52-28(6)45)54-29(46)8-3-12(37)21(41)26-17(8)18-9(31(48)55-27)4-14(38)34(51,57-26)33(18,49)50/h1-4,13,18,24-25,27,32,35-37,39-44,49-51H,5H2/t13-,18?,24+,25-,27-,32+,34?/m1/s1. The molecule has 3 aromatic rings. The van der Waals surface area contributed by atoms with Crippen LogP contribution in [0.2, 0.25) is 0 Å². The van der Waals surface area contributed by atoms with Crippen molar-refractivity contribution in [2.75, 3.05) is 6.61 Å². The topological polar surface area (TPSA) is 383 Å². The molecule has 2 unspecified atom stereocenters. The summed E-state index contributed by atoms with van der Waals surface area (Å²) in [5.74, 6) is -29.8. The maximum Gasteiger partial charge on any atom is 0.341 e. The van der Waals surface area contributed by atoms with Gasteiger partial charge < -0.3 is 89.7 Å². The number of aromatic hydroxyl groups is 8. The van der Waals surface area contributed by atoms with Crippen LogP contribution in [0.4, 0.5) is 0 Å². The number of ketones is 1. The third-order valence-corrected chi connectivity index (χ3v) is 10.0. The molecule has 0 saturated carbocycles. The zero-order valence-corrected chi connectivity index (χ0v) is 27.8. The number of phenolic OH excluding ortho intramolecular Hbond substituents is 8. The van der Waals surface area contributed by atoms with Gasteiger partial charge in [0, 0.05) is 16.7 Å². The molecular formula is C34H24O23. The van der Waals surface area contributed by atoms with Gasteiger partial charge >= 0.3 is 29.7 Å². The highest BCUT2D eigenvalue weighted by Crippen LogP contribution is 2.58. The number of cyclic esters (lactones) is 1. The number of carbonyl (C=O) groups excluding carboxylic acids is 5. The van der Waals surface area contributed by atoms with Gasteiger partial charge in [0.1, 0.15) is 18.8 Å². The maximum absolute atomic E-state index is 14.0. The summed E-state index contributed by atoms with van der Waals surface area (Å²) in [6.45, 7) is -1.13. The molecule has 6 bridgehead atoms. The number of phenols is 8. The summed E-state index contributed by atoms with van der Waals surface area (Å²) >= 11 is 0. The molecule has 0 spiro atoms. The number of fused-ring (bicyclic) bond motifs is 10. The van der Waals surface area contributed by atoms with Crippen LogP contribution < -0.4 is 4.74 Å². The SMILES string of the molecule is O=C1O[C@H]2[C@@H]3OC(=O)c4cc(O)c(O)c(O)c4-c4c(cc(O)c(O)c4O)C(=O)OC[C@@H](O3)[C@@H](OC(=O)c3cc(O)c(O)c4c3C3C1=CC(=O)C(O)(O4)C3(O)O)[C@@H]2O. The number of ether oxygens (including phenoxy) is 6. The van der Waals surface area contributed by atoms with E-state index in [1.165, 1.54) is 0 Å². The van der Waals surface area contributed by atoms with E-state index in [-0.39, 0.29) is 0 Å². The van der Waals surface area contributed by atoms with E-state index >= 15 is 0 Å². The van der Waals surface area contributed by atoms with Gasteiger partial charge in [-0.15, -0.1) is 0 Å². The van der Waals surface area contributed by atoms with E-state index in [1.807, 2.05) is 0 Å². The Morgan fingerprint density at radius 3 is 1.75 bits per heavy atom. The van der Waals surface area contributed by atoms with Gasteiger partial charge in [-0.1, -0.05) is 0 Å². The van der Waals surface area contributed by atoms with Crippen molar-refractivity contribution in [2.45, 2.75) is 48.2 Å². The minimum Gasteiger partial charge on any atom is -0.504 e. The maximum atomic E-state index is 14.0. The molecule has 1 aliphatic carbocycles. The van der Waals surface area contributed by atoms with E-state index < -0.39 is 175 Å². The number of rotatable bonds is 0. The van der Waals surface area contributed by atoms with Crippen LogP contribution in [0.15, 0.2) is 29.8 Å². The fourth-order valence-electron chi connectivity index (χ4n) is 7.23. The van der Waals surface area contributed by atoms with Gasteiger partial charge in [0.25, 0.3) is 5.79 Å². The first-order chi connectivity index (χ1) is 26.7. The Morgan fingerprint density at radius 1 is 0.614 bits per heavy atom. The molecule has 57 heavy (non-hydrogen) atoms. The quantitative estimate of drug-likeness (QED) is 0.0502. The minimum atomic E-state index is -3.86. The second-order valence-electron chi connectivity index (χ2n) is 13.2. The summed E-state index contributed by atoms with van der Waals surface area (Å²) in [6.07, 6.45) is -11.0. The van der Waals surface area contributed by atoms with Gasteiger partial charge in [-0.25, -0.2) is 19.2 Å². The summed E-state index contributed by atoms with van der Waals surface area (Å²) in [7, 11) is 0. The predicted octanol–water partition coefficient (Wildman–Crippen LogP) is -2.08. The molecule has 4 aliphatic heterocycles. The number of hydrogen-bond acceptors (Lipinski definition) is 23. The first-order valence-corrected chi connectivity index (χ1v) is 16.1. The van der Waals surface area contributed by atoms with Gasteiger partial charge in [-0.3, -0.25) is 4.79 Å². The molecule has 0 amide bonds. The lowest BCUT2D eigenvalue weighted by molar-refractivity contribution is -0.339. The molecule has 12 N–H and O–H groups in total. The number of aliphatic hydroxyl groups excluding tert-OH is 1. The highest BCUT2D eigenvalue weighted by atomic mass is 16.7. The molecule has 298 valence electrons. The summed E-state index contributed by atoms with van der Waals surface area (Å²) < 4.78 is 32.3. The van der Waals surface area contributed by atoms with Crippen LogP contribution in [0.5, 0.6) is 51.7 Å². The van der Waals surface area contributed by atoms with Crippen LogP contribution in [0.3, 0.4) is 0 Å². The molecule has 4 heterocycles. The van der Waals surface area contributed by atoms with E-state index in [1.54, 1.807) is 0 Å². The number of carbonyl (C=O) groups is 5. The number of esters is 4. The van der Waals surface area contributed by atoms with Crippen LogP contribution in [-0.4, -0.2) is 140 Å². The molecule has 8 rings (SSSR count). The average molecular weight is 801 g/mol. The van der Waals surface area contributed by atoms with Gasteiger partial charge in [-0.2, -0.15) is 0 Å². The Morgan fingerprint density at radius 2 is 1.14 bits per heavy atom. The summed E-state index contributed by atoms with van der Waals surface area (Å²) in [6, 6.07) is 1.44. The molecule has 0 aromatic heterocycles. The molecule has 5 aliphatic rings. The van der Waals surface area contributed by atoms with E-state index in [9.17, 15) is 85.3 Å². The number of benzene rings is 3. The van der Waals surface area contributed by atoms with Gasteiger partial charge in [0.2, 0.25) is 29.3 Å². The average Bonchev–Trinajstić information content (AvgIpc) is 3.15. The molecular weight excluding hydrogens is 776 g/mol. The van der Waals surface area contributed by atoms with Crippen molar-refractivity contribution < 1.29 is 114 Å². The van der Waals surface area contributed by atoms with Crippen LogP contribution in [-0.2, 0) is 33.3 Å². The Hall–Kier alpha value is -7.05. The summed E-state index contributed by atoms with van der Waals surface area (Å²) in [5, 5.41) is 129. The van der Waals surface area contributed by atoms with Gasteiger partial charge in [0.15, 0.2) is 46.7 Å². The second kappa shape index (κ2) is 12.0. The van der Waals surface area contributed by atoms with Crippen molar-refractivity contribution >= 4 is 29.7 Å². The Balaban J connectivity index is 1.33. The van der Waals surface area contributed by atoms with Gasteiger partial charge in [0.05, 0.1) is 28.2 Å². The first kappa shape index (κ1) is 36.9. The molecule has 1 saturated heterocycles. The van der Waals surface area contributed by atoms with E-state index in [0.29, 0.717) is 24.3 Å². The van der Waals surface area contributed by atoms with E-state index in [2.05, 4.69) is 0 Å². The van der Waals surface area contributed by atoms with Crippen LogP contribution in [0.1, 0.15) is 42.6 Å². The molecule has 1 fully saturated rings. The van der Waals surface area contributed by atoms with E-state index in [0.717, 1.165) is 0 Å². The van der Waals surface area contributed by atoms with E-state index in [4.69, 9.17) is 28.4 Å². The van der Waals surface area contributed by atoms with Crippen molar-refractivity contribution in [1.82, 2.24) is 0 Å². The fraction of sp³-hybridized carbons (Fsp3) is 0.265. The molecule has 7 atom stereocenters. The second-order valence-corrected chi connectivity index (χ2v) is 13.2. The Kier molecular flexibility index (Phi) is 7.75. The van der Waals surface area contributed by atoms with Crippen molar-refractivity contribution in [2.24, 2.45) is 0 Å². The minimum absolute atomic E-state index is 0.311. The monoisotopic (exact) mass is 800 g/mol. The molecule has 23 nitrogen and oxygen atoms in total. The highest BCUT2D eigenvalue weighted by Gasteiger charge is 2.70. The lowest BCUT2D eigenvalue weighted by atomic mass is 9.70. The van der Waals surface area contributed by atoms with Crippen molar-refractivity contribution in [3.05, 3.63) is 52.1 Å². The number of hydrogen-bond donors (Lipinski definition) is 12. The Labute approximate surface area is 313 Å². The normalized spacial score (nSPS) is 28.6. The smallest absolute Gasteiger partial charge is 0.341 e. The summed E-state index contributed by atoms with van der Waals surface area (Å²) in [4.78, 5) is 68.7. The zero-order valence-electron chi connectivity index (χ0n) is 27.8. The Bertz CT molecular complexity index is 2430. The third kappa shape index (κ3) is 4.93. The first-order valence-electron chi connectivity index (χ1n) is 16.1. The predicted molar refractivity (Wildman–Crippen MR) is 170 cm³/mol. The zero-order chi connectivity index (χ0) is 41.4. The molecule has 3 aromatic carbocycles.